The molecule has 112 valence electrons. The molecule has 0 aliphatic heterocycles. The highest BCUT2D eigenvalue weighted by atomic mass is 79.9. The highest BCUT2D eigenvalue weighted by Gasteiger charge is 2.40. The van der Waals surface area contributed by atoms with Gasteiger partial charge in [0.05, 0.1) is 11.5 Å². The standard InChI is InChI=1S/C15H21BrN2O.ClH/c1-11(12-4-6-13(16)7-5-12)18-14(19)15(10-17)8-2-3-9-15;/h4-7,11H,2-3,8-10,17H2,1H3,(H,18,19);1H. The van der Waals surface area contributed by atoms with Crippen LogP contribution >= 0.6 is 28.3 Å². The topological polar surface area (TPSA) is 55.1 Å². The van der Waals surface area contributed by atoms with Crippen molar-refractivity contribution in [3.8, 4) is 0 Å². The highest BCUT2D eigenvalue weighted by molar-refractivity contribution is 9.10. The number of hydrogen-bond donors (Lipinski definition) is 2. The van der Waals surface area contributed by atoms with Gasteiger partial charge in [0.15, 0.2) is 0 Å². The molecule has 1 aromatic carbocycles. The predicted octanol–water partition coefficient (Wildman–Crippen LogP) is 3.57. The summed E-state index contributed by atoms with van der Waals surface area (Å²) in [5.74, 6) is 0.114. The summed E-state index contributed by atoms with van der Waals surface area (Å²) in [5, 5.41) is 3.12. The maximum absolute atomic E-state index is 12.4. The molecule has 0 heterocycles. The number of halogens is 2. The molecule has 1 amide bonds. The second kappa shape index (κ2) is 7.43. The van der Waals surface area contributed by atoms with Crippen molar-refractivity contribution in [2.75, 3.05) is 6.54 Å². The summed E-state index contributed by atoms with van der Waals surface area (Å²) in [6.45, 7) is 2.46. The summed E-state index contributed by atoms with van der Waals surface area (Å²) in [5.41, 5.74) is 6.62. The first-order valence-corrected chi connectivity index (χ1v) is 7.63. The van der Waals surface area contributed by atoms with Crippen molar-refractivity contribution >= 4 is 34.2 Å². The predicted molar refractivity (Wildman–Crippen MR) is 87.9 cm³/mol. The number of nitrogens with one attached hydrogen (secondary N) is 1. The van der Waals surface area contributed by atoms with Crippen molar-refractivity contribution in [2.24, 2.45) is 11.1 Å². The van der Waals surface area contributed by atoms with E-state index in [1.165, 1.54) is 0 Å². The summed E-state index contributed by atoms with van der Waals surface area (Å²) in [4.78, 5) is 12.4. The quantitative estimate of drug-likeness (QED) is 0.861. The van der Waals surface area contributed by atoms with Gasteiger partial charge in [0.2, 0.25) is 5.91 Å². The Balaban J connectivity index is 0.00000200. The number of rotatable bonds is 4. The van der Waals surface area contributed by atoms with Crippen LogP contribution in [0.2, 0.25) is 0 Å². The molecule has 1 aliphatic rings. The average Bonchev–Trinajstić information content (AvgIpc) is 2.89. The monoisotopic (exact) mass is 360 g/mol. The lowest BCUT2D eigenvalue weighted by molar-refractivity contribution is -0.131. The molecule has 20 heavy (non-hydrogen) atoms. The van der Waals surface area contributed by atoms with E-state index in [0.717, 1.165) is 35.7 Å². The van der Waals surface area contributed by atoms with Crippen molar-refractivity contribution in [3.05, 3.63) is 34.3 Å². The number of carbonyl (C=O) groups is 1. The van der Waals surface area contributed by atoms with Gasteiger partial charge in [0, 0.05) is 11.0 Å². The fourth-order valence-electron chi connectivity index (χ4n) is 2.76. The Hall–Kier alpha value is -0.580. The third-order valence-electron chi connectivity index (χ3n) is 4.15. The summed E-state index contributed by atoms with van der Waals surface area (Å²) in [6.07, 6.45) is 4.05. The molecule has 0 radical (unpaired) electrons. The maximum atomic E-state index is 12.4. The van der Waals surface area contributed by atoms with Crippen LogP contribution in [0, 0.1) is 5.41 Å². The largest absolute Gasteiger partial charge is 0.349 e. The van der Waals surface area contributed by atoms with Crippen molar-refractivity contribution in [1.82, 2.24) is 5.32 Å². The maximum Gasteiger partial charge on any atom is 0.227 e. The molecule has 0 aromatic heterocycles. The van der Waals surface area contributed by atoms with Gasteiger partial charge in [-0.1, -0.05) is 40.9 Å². The first-order chi connectivity index (χ1) is 9.07. The zero-order valence-electron chi connectivity index (χ0n) is 11.7. The van der Waals surface area contributed by atoms with Crippen LogP contribution in [-0.2, 0) is 4.79 Å². The van der Waals surface area contributed by atoms with Gasteiger partial charge in [0.25, 0.3) is 0 Å². The first-order valence-electron chi connectivity index (χ1n) is 6.84. The molecule has 0 saturated heterocycles. The first kappa shape index (κ1) is 17.5. The van der Waals surface area contributed by atoms with Gasteiger partial charge >= 0.3 is 0 Å². The Morgan fingerprint density at radius 3 is 2.40 bits per heavy atom. The van der Waals surface area contributed by atoms with Gasteiger partial charge in [0.1, 0.15) is 0 Å². The van der Waals surface area contributed by atoms with Gasteiger partial charge < -0.3 is 11.1 Å². The minimum atomic E-state index is -0.330. The van der Waals surface area contributed by atoms with Crippen LogP contribution < -0.4 is 11.1 Å². The molecule has 1 aromatic rings. The zero-order chi connectivity index (χ0) is 13.9. The molecule has 1 aliphatic carbocycles. The van der Waals surface area contributed by atoms with Gasteiger partial charge in [-0.3, -0.25) is 4.79 Å². The van der Waals surface area contributed by atoms with E-state index >= 15 is 0 Å². The van der Waals surface area contributed by atoms with Crippen LogP contribution in [0.15, 0.2) is 28.7 Å². The summed E-state index contributed by atoms with van der Waals surface area (Å²) in [6, 6.07) is 8.06. The van der Waals surface area contributed by atoms with Crippen LogP contribution in [0.1, 0.15) is 44.2 Å². The third-order valence-corrected chi connectivity index (χ3v) is 4.68. The second-order valence-electron chi connectivity index (χ2n) is 5.44. The van der Waals surface area contributed by atoms with Crippen LogP contribution in [0.5, 0.6) is 0 Å². The third kappa shape index (κ3) is 3.74. The van der Waals surface area contributed by atoms with Gasteiger partial charge in [-0.15, -0.1) is 12.4 Å². The van der Waals surface area contributed by atoms with E-state index in [-0.39, 0.29) is 29.8 Å². The Kier molecular flexibility index (Phi) is 6.49. The van der Waals surface area contributed by atoms with E-state index in [0.29, 0.717) is 6.54 Å². The summed E-state index contributed by atoms with van der Waals surface area (Å²) >= 11 is 3.42. The molecular formula is C15H22BrClN2O. The van der Waals surface area contributed by atoms with Gasteiger partial charge in [-0.05, 0) is 37.5 Å². The lowest BCUT2D eigenvalue weighted by Crippen LogP contribution is -2.44. The molecule has 0 spiro atoms. The average molecular weight is 362 g/mol. The van der Waals surface area contributed by atoms with Gasteiger partial charge in [-0.25, -0.2) is 0 Å². The number of amides is 1. The van der Waals surface area contributed by atoms with Crippen LogP contribution in [0.3, 0.4) is 0 Å². The van der Waals surface area contributed by atoms with E-state index in [1.807, 2.05) is 31.2 Å². The van der Waals surface area contributed by atoms with E-state index in [1.54, 1.807) is 0 Å². The Morgan fingerprint density at radius 2 is 1.90 bits per heavy atom. The molecule has 3 nitrogen and oxygen atoms in total. The summed E-state index contributed by atoms with van der Waals surface area (Å²) in [7, 11) is 0. The molecule has 1 fully saturated rings. The molecular weight excluding hydrogens is 340 g/mol. The molecule has 3 N–H and O–H groups in total. The molecule has 1 unspecified atom stereocenters. The minimum Gasteiger partial charge on any atom is -0.349 e. The number of benzene rings is 1. The van der Waals surface area contributed by atoms with Gasteiger partial charge in [-0.2, -0.15) is 0 Å². The second-order valence-corrected chi connectivity index (χ2v) is 6.35. The Labute approximate surface area is 135 Å². The van der Waals surface area contributed by atoms with Crippen molar-refractivity contribution < 1.29 is 4.79 Å². The van der Waals surface area contributed by atoms with Crippen molar-refractivity contribution in [2.45, 2.75) is 38.6 Å². The fraction of sp³-hybridized carbons (Fsp3) is 0.533. The van der Waals surface area contributed by atoms with Crippen LogP contribution in [0.25, 0.3) is 0 Å². The molecule has 5 heteroatoms. The normalized spacial score (nSPS) is 18.1. The SMILES string of the molecule is CC(NC(=O)C1(CN)CCCC1)c1ccc(Br)cc1.Cl. The number of carbonyl (C=O) groups excluding carboxylic acids is 1. The van der Waals surface area contributed by atoms with Crippen molar-refractivity contribution in [1.29, 1.82) is 0 Å². The zero-order valence-corrected chi connectivity index (χ0v) is 14.1. The highest BCUT2D eigenvalue weighted by Crippen LogP contribution is 2.37. The van der Waals surface area contributed by atoms with Crippen LogP contribution in [0.4, 0.5) is 0 Å². The molecule has 0 bridgehead atoms. The Morgan fingerprint density at radius 1 is 1.35 bits per heavy atom. The van der Waals surface area contributed by atoms with E-state index in [2.05, 4.69) is 21.2 Å². The fourth-order valence-corrected chi connectivity index (χ4v) is 3.02. The summed E-state index contributed by atoms with van der Waals surface area (Å²) < 4.78 is 1.05. The smallest absolute Gasteiger partial charge is 0.227 e. The Bertz CT molecular complexity index is 444. The van der Waals surface area contributed by atoms with Crippen molar-refractivity contribution in [3.63, 3.8) is 0 Å². The lowest BCUT2D eigenvalue weighted by Gasteiger charge is -2.28. The molecule has 1 atom stereocenters. The van der Waals surface area contributed by atoms with E-state index in [4.69, 9.17) is 5.73 Å². The van der Waals surface area contributed by atoms with E-state index in [9.17, 15) is 4.79 Å². The van der Waals surface area contributed by atoms with E-state index < -0.39 is 0 Å². The minimum absolute atomic E-state index is 0. The molecule has 1 saturated carbocycles. The number of hydrogen-bond acceptors (Lipinski definition) is 2. The lowest BCUT2D eigenvalue weighted by atomic mass is 9.85. The molecule has 2 rings (SSSR count). The number of nitrogens with two attached hydrogens (primary N) is 1. The van der Waals surface area contributed by atoms with Crippen LogP contribution in [-0.4, -0.2) is 12.5 Å².